The van der Waals surface area contributed by atoms with Crippen LogP contribution in [0, 0.1) is 17.8 Å². The Balaban J connectivity index is 1.28. The Kier molecular flexibility index (Phi) is 9.23. The highest BCUT2D eigenvalue weighted by Crippen LogP contribution is 2.47. The van der Waals surface area contributed by atoms with E-state index in [1.165, 1.54) is 11.1 Å². The van der Waals surface area contributed by atoms with Gasteiger partial charge in [-0.3, -0.25) is 9.52 Å². The number of carbonyl (C=O) groups is 2. The van der Waals surface area contributed by atoms with E-state index in [-0.39, 0.29) is 35.2 Å². The Labute approximate surface area is 287 Å². The van der Waals surface area contributed by atoms with Crippen molar-refractivity contribution in [3.63, 3.8) is 0 Å². The second kappa shape index (κ2) is 13.3. The van der Waals surface area contributed by atoms with Crippen LogP contribution in [0.2, 0.25) is 5.02 Å². The number of benzene rings is 2. The van der Waals surface area contributed by atoms with Gasteiger partial charge in [-0.25, -0.2) is 13.4 Å². The lowest BCUT2D eigenvalue weighted by atomic mass is 9.68. The SMILES string of the molecule is CO[C@H]1/C=C\C[C@H](C)CS(=O)(NC(=O)N[C@@H]2C[C@H]2F)=NC(=O)c2ccc3c(c2)N(C[C@@H]2CC[C@H]21)C[C@@]1(CCCc2cc(Cl)ccc21)CO3. The number of hydrogen-bond donors (Lipinski definition) is 2. The number of anilines is 1. The highest BCUT2D eigenvalue weighted by Gasteiger charge is 2.44. The van der Waals surface area contributed by atoms with Crippen molar-refractivity contribution in [3.05, 3.63) is 70.3 Å². The number of alkyl halides is 1. The van der Waals surface area contributed by atoms with Crippen LogP contribution in [-0.4, -0.2) is 67.0 Å². The highest BCUT2D eigenvalue weighted by molar-refractivity contribution is 7.92. The number of aryl methyl sites for hydroxylation is 1. The molecule has 2 aromatic rings. The zero-order valence-corrected chi connectivity index (χ0v) is 29.0. The fourth-order valence-corrected chi connectivity index (χ4v) is 10.1. The van der Waals surface area contributed by atoms with Crippen molar-refractivity contribution >= 4 is 39.1 Å². The summed E-state index contributed by atoms with van der Waals surface area (Å²) in [6, 6.07) is 10.0. The monoisotopic (exact) mass is 698 g/mol. The van der Waals surface area contributed by atoms with E-state index in [9.17, 15) is 18.2 Å². The Morgan fingerprint density at radius 1 is 1.23 bits per heavy atom. The summed E-state index contributed by atoms with van der Waals surface area (Å²) in [4.78, 5) is 28.9. The van der Waals surface area contributed by atoms with Crippen LogP contribution < -0.4 is 19.7 Å². The predicted molar refractivity (Wildman–Crippen MR) is 185 cm³/mol. The highest BCUT2D eigenvalue weighted by atomic mass is 35.5. The number of rotatable bonds is 3. The molecular formula is C36H44ClFN4O5S. The number of allylic oxidation sites excluding steroid dienone is 1. The molecule has 2 fully saturated rings. The van der Waals surface area contributed by atoms with Crippen molar-refractivity contribution in [3.8, 4) is 5.75 Å². The fraction of sp³-hybridized carbons (Fsp3) is 0.556. The Morgan fingerprint density at radius 2 is 2.06 bits per heavy atom. The fourth-order valence-electron chi connectivity index (χ4n) is 8.02. The molecule has 258 valence electrons. The normalized spacial score (nSPS) is 35.1. The number of carbonyl (C=O) groups excluding carboxylic acids is 2. The van der Waals surface area contributed by atoms with Gasteiger partial charge in [-0.1, -0.05) is 36.7 Å². The molecule has 2 N–H and O–H groups in total. The molecule has 2 aliphatic heterocycles. The molecule has 7 rings (SSSR count). The lowest BCUT2D eigenvalue weighted by Crippen LogP contribution is -2.49. The van der Waals surface area contributed by atoms with Gasteiger partial charge in [0.2, 0.25) is 0 Å². The smallest absolute Gasteiger partial charge is 0.327 e. The lowest BCUT2D eigenvalue weighted by molar-refractivity contribution is 0.0131. The summed E-state index contributed by atoms with van der Waals surface area (Å²) in [5, 5.41) is 3.23. The first-order valence-electron chi connectivity index (χ1n) is 17.1. The second-order valence-electron chi connectivity index (χ2n) is 14.4. The van der Waals surface area contributed by atoms with Crippen LogP contribution in [-0.2, 0) is 26.5 Å². The number of halogens is 2. The minimum absolute atomic E-state index is 0.0456. The van der Waals surface area contributed by atoms with Gasteiger partial charge in [0, 0.05) is 42.6 Å². The number of hydrogen-bond acceptors (Lipinski definition) is 6. The molecule has 2 bridgehead atoms. The molecule has 1 unspecified atom stereocenters. The van der Waals surface area contributed by atoms with Crippen molar-refractivity contribution in [2.24, 2.45) is 22.1 Å². The zero-order chi connectivity index (χ0) is 33.6. The van der Waals surface area contributed by atoms with E-state index < -0.39 is 34.1 Å². The van der Waals surface area contributed by atoms with Gasteiger partial charge in [-0.05, 0) is 97.7 Å². The predicted octanol–water partition coefficient (Wildman–Crippen LogP) is 6.38. The topological polar surface area (TPSA) is 109 Å². The van der Waals surface area contributed by atoms with Gasteiger partial charge >= 0.3 is 6.03 Å². The number of ether oxygens (including phenoxy) is 2. The van der Waals surface area contributed by atoms with Gasteiger partial charge in [0.05, 0.1) is 30.2 Å². The molecule has 9 nitrogen and oxygen atoms in total. The van der Waals surface area contributed by atoms with Gasteiger partial charge in [-0.2, -0.15) is 0 Å². The summed E-state index contributed by atoms with van der Waals surface area (Å²) in [5.41, 5.74) is 3.30. The van der Waals surface area contributed by atoms with Crippen LogP contribution >= 0.6 is 11.6 Å². The van der Waals surface area contributed by atoms with E-state index in [0.717, 1.165) is 49.4 Å². The van der Waals surface area contributed by atoms with Crippen molar-refractivity contribution in [2.75, 3.05) is 37.5 Å². The number of methoxy groups -OCH3 is 1. The first-order chi connectivity index (χ1) is 23.0. The first-order valence-corrected chi connectivity index (χ1v) is 19.1. The Bertz CT molecular complexity index is 1750. The largest absolute Gasteiger partial charge is 0.490 e. The maximum atomic E-state index is 14.2. The molecule has 48 heavy (non-hydrogen) atoms. The molecule has 3 amide bonds. The van der Waals surface area contributed by atoms with E-state index in [2.05, 4.69) is 37.5 Å². The molecule has 0 radical (unpaired) electrons. The second-order valence-corrected chi connectivity index (χ2v) is 16.8. The average Bonchev–Trinajstić information content (AvgIpc) is 3.75. The maximum absolute atomic E-state index is 14.2. The molecule has 1 spiro atoms. The van der Waals surface area contributed by atoms with Crippen molar-refractivity contribution < 1.29 is 27.7 Å². The van der Waals surface area contributed by atoms with E-state index >= 15 is 0 Å². The number of amides is 3. The van der Waals surface area contributed by atoms with E-state index in [1.54, 1.807) is 25.3 Å². The van der Waals surface area contributed by atoms with Crippen LogP contribution in [0.1, 0.15) is 66.9 Å². The molecule has 2 heterocycles. The third-order valence-corrected chi connectivity index (χ3v) is 13.0. The lowest BCUT2D eigenvalue weighted by Gasteiger charge is -2.46. The first kappa shape index (κ1) is 33.4. The van der Waals surface area contributed by atoms with Gasteiger partial charge in [-0.15, -0.1) is 4.36 Å². The van der Waals surface area contributed by atoms with Crippen LogP contribution in [0.15, 0.2) is 52.9 Å². The Hall–Kier alpha value is -3.15. The van der Waals surface area contributed by atoms with Gasteiger partial charge < -0.3 is 19.7 Å². The number of nitrogens with zero attached hydrogens (tertiary/aromatic N) is 2. The summed E-state index contributed by atoms with van der Waals surface area (Å²) in [5.74, 6) is 0.472. The van der Waals surface area contributed by atoms with E-state index in [4.69, 9.17) is 21.1 Å². The summed E-state index contributed by atoms with van der Waals surface area (Å²) >= 11 is 6.43. The van der Waals surface area contributed by atoms with Crippen LogP contribution in [0.25, 0.3) is 0 Å². The summed E-state index contributed by atoms with van der Waals surface area (Å²) in [7, 11) is -1.81. The maximum Gasteiger partial charge on any atom is 0.327 e. The summed E-state index contributed by atoms with van der Waals surface area (Å²) < 4.78 is 46.9. The molecule has 2 saturated carbocycles. The number of nitrogens with one attached hydrogen (secondary N) is 2. The molecule has 2 aromatic carbocycles. The van der Waals surface area contributed by atoms with E-state index in [1.807, 2.05) is 19.1 Å². The summed E-state index contributed by atoms with van der Waals surface area (Å²) in [6.07, 6.45) is 8.79. The van der Waals surface area contributed by atoms with Gasteiger partial charge in [0.25, 0.3) is 5.91 Å². The van der Waals surface area contributed by atoms with Crippen LogP contribution in [0.3, 0.4) is 0 Å². The third kappa shape index (κ3) is 6.83. The molecule has 3 aliphatic carbocycles. The molecular weight excluding hydrogens is 655 g/mol. The molecule has 0 saturated heterocycles. The zero-order valence-electron chi connectivity index (χ0n) is 27.5. The minimum Gasteiger partial charge on any atom is -0.490 e. The molecule has 12 heteroatoms. The van der Waals surface area contributed by atoms with E-state index in [0.29, 0.717) is 37.2 Å². The average molecular weight is 699 g/mol. The van der Waals surface area contributed by atoms with Crippen LogP contribution in [0.4, 0.5) is 14.9 Å². The number of urea groups is 1. The number of fused-ring (bicyclic) bond motifs is 4. The van der Waals surface area contributed by atoms with Gasteiger partial charge in [0.15, 0.2) is 0 Å². The van der Waals surface area contributed by atoms with Crippen molar-refractivity contribution in [2.45, 2.75) is 75.6 Å². The quantitative estimate of drug-likeness (QED) is 0.360. The molecule has 0 aromatic heterocycles. The van der Waals surface area contributed by atoms with Crippen LogP contribution in [0.5, 0.6) is 5.75 Å². The molecule has 5 aliphatic rings. The summed E-state index contributed by atoms with van der Waals surface area (Å²) in [6.45, 7) is 3.86. The third-order valence-electron chi connectivity index (χ3n) is 10.8. The minimum atomic E-state index is -3.56. The van der Waals surface area contributed by atoms with Gasteiger partial charge in [0.1, 0.15) is 21.8 Å². The molecule has 8 atom stereocenters. The van der Waals surface area contributed by atoms with Crippen molar-refractivity contribution in [1.82, 2.24) is 10.0 Å². The van der Waals surface area contributed by atoms with Crippen molar-refractivity contribution in [1.29, 1.82) is 0 Å². The standard InChI is InChI=1S/C36H44ClFN4O5S/c1-22-5-3-7-32(46-2)27-11-8-25(27)18-42-20-36(14-4-6-23-15-26(37)10-12-28(23)36)21-47-33-13-9-24(16-31(33)42)34(43)40-48(45,19-22)41-35(44)39-30-17-29(30)38/h3,7,9-10,12-13,15-16,22,25,27,29-30,32H,4-6,8,11,14,17-21H2,1-2H3,(H2,39,40,41,43,44,45)/b7-3-/t22-,25-,27+,29+,30+,32-,36-,48?/m0/s1. The Morgan fingerprint density at radius 3 is 2.81 bits per heavy atom.